The second kappa shape index (κ2) is 10.4. The average molecular weight is 533 g/mol. The van der Waals surface area contributed by atoms with Crippen LogP contribution in [0.2, 0.25) is 0 Å². The summed E-state index contributed by atoms with van der Waals surface area (Å²) in [4.78, 5) is 11.7. The molecule has 2 N–H and O–H groups in total. The van der Waals surface area contributed by atoms with Crippen molar-refractivity contribution in [1.82, 2.24) is 14.7 Å². The largest absolute Gasteiger partial charge is 0.362 e. The quantitative estimate of drug-likeness (QED) is 0.439. The molecule has 0 spiro atoms. The molecule has 3 aromatic rings. The van der Waals surface area contributed by atoms with E-state index in [-0.39, 0.29) is 0 Å². The van der Waals surface area contributed by atoms with E-state index in [1.54, 1.807) is 24.3 Å². The fraction of sp³-hybridized carbons (Fsp3) is 0.417. The van der Waals surface area contributed by atoms with Crippen LogP contribution in [0.25, 0.3) is 10.9 Å². The van der Waals surface area contributed by atoms with Gasteiger partial charge in [-0.2, -0.15) is 4.98 Å². The molecular formula is C24H30BrN5O2S. The number of hydrogen-bond donors (Lipinski definition) is 2. The van der Waals surface area contributed by atoms with E-state index in [2.05, 4.69) is 31.0 Å². The topological polar surface area (TPSA) is 87.2 Å². The van der Waals surface area contributed by atoms with Crippen molar-refractivity contribution in [1.29, 1.82) is 0 Å². The molecule has 0 unspecified atom stereocenters. The zero-order chi connectivity index (χ0) is 23.4. The normalized spacial score (nSPS) is 18.9. The SMILES string of the molecule is CN(C)c1nc(NCC2CCC(CNS(=O)(=O)c3ccc(Br)cc3)CC2)nc2ccccc12. The van der Waals surface area contributed by atoms with Crippen molar-refractivity contribution >= 4 is 48.6 Å². The summed E-state index contributed by atoms with van der Waals surface area (Å²) in [6.45, 7) is 1.31. The van der Waals surface area contributed by atoms with Crippen LogP contribution in [-0.4, -0.2) is 45.6 Å². The summed E-state index contributed by atoms with van der Waals surface area (Å²) < 4.78 is 28.7. The molecule has 2 aromatic carbocycles. The Balaban J connectivity index is 1.28. The van der Waals surface area contributed by atoms with Gasteiger partial charge in [-0.1, -0.05) is 28.1 Å². The van der Waals surface area contributed by atoms with Gasteiger partial charge in [0.1, 0.15) is 5.82 Å². The lowest BCUT2D eigenvalue weighted by molar-refractivity contribution is 0.284. The Morgan fingerprint density at radius 2 is 1.58 bits per heavy atom. The predicted octanol–water partition coefficient (Wildman–Crippen LogP) is 4.66. The molecule has 4 rings (SSSR count). The number of nitrogens with one attached hydrogen (secondary N) is 2. The van der Waals surface area contributed by atoms with Crippen LogP contribution < -0.4 is 14.9 Å². The minimum atomic E-state index is -3.47. The maximum absolute atomic E-state index is 12.5. The zero-order valence-corrected chi connectivity index (χ0v) is 21.4. The fourth-order valence-electron chi connectivity index (χ4n) is 4.28. The number of anilines is 2. The van der Waals surface area contributed by atoms with Crippen molar-refractivity contribution in [2.45, 2.75) is 30.6 Å². The Kier molecular flexibility index (Phi) is 7.51. The number of sulfonamides is 1. The number of rotatable bonds is 8. The minimum absolute atomic E-state index is 0.302. The molecule has 7 nitrogen and oxygen atoms in total. The van der Waals surface area contributed by atoms with Gasteiger partial charge in [-0.25, -0.2) is 18.1 Å². The summed E-state index contributed by atoms with van der Waals surface area (Å²) in [5.41, 5.74) is 0.931. The highest BCUT2D eigenvalue weighted by molar-refractivity contribution is 9.10. The molecule has 0 atom stereocenters. The molecule has 1 heterocycles. The molecule has 0 aliphatic heterocycles. The van der Waals surface area contributed by atoms with Crippen molar-refractivity contribution in [2.75, 3.05) is 37.4 Å². The molecule has 176 valence electrons. The average Bonchev–Trinajstić information content (AvgIpc) is 2.82. The molecule has 1 saturated carbocycles. The standard InChI is InChI=1S/C24H30BrN5O2S/c1-30(2)23-21-5-3-4-6-22(21)28-24(29-23)26-15-17-7-9-18(10-8-17)16-27-33(31,32)20-13-11-19(25)12-14-20/h3-6,11-14,17-18,27H,7-10,15-16H2,1-2H3,(H,26,28,29). The highest BCUT2D eigenvalue weighted by atomic mass is 79.9. The molecule has 1 aliphatic rings. The van der Waals surface area contributed by atoms with Gasteiger partial charge in [0.2, 0.25) is 16.0 Å². The summed E-state index contributed by atoms with van der Waals surface area (Å²) >= 11 is 3.34. The number of hydrogen-bond acceptors (Lipinski definition) is 6. The van der Waals surface area contributed by atoms with Crippen LogP contribution in [0.4, 0.5) is 11.8 Å². The summed E-state index contributed by atoms with van der Waals surface area (Å²) in [6, 6.07) is 14.8. The van der Waals surface area contributed by atoms with Crippen LogP contribution in [-0.2, 0) is 10.0 Å². The van der Waals surface area contributed by atoms with Gasteiger partial charge in [0.05, 0.1) is 10.4 Å². The number of benzene rings is 2. The molecule has 0 amide bonds. The fourth-order valence-corrected chi connectivity index (χ4v) is 5.66. The van der Waals surface area contributed by atoms with Crippen LogP contribution in [0.1, 0.15) is 25.7 Å². The van der Waals surface area contributed by atoms with Crippen molar-refractivity contribution in [3.05, 3.63) is 53.0 Å². The van der Waals surface area contributed by atoms with Gasteiger partial charge in [0.25, 0.3) is 0 Å². The van der Waals surface area contributed by atoms with Crippen LogP contribution in [0.15, 0.2) is 57.9 Å². The van der Waals surface area contributed by atoms with Crippen LogP contribution in [0, 0.1) is 11.8 Å². The first-order valence-corrected chi connectivity index (χ1v) is 13.5. The first-order valence-electron chi connectivity index (χ1n) is 11.2. The molecular weight excluding hydrogens is 502 g/mol. The first kappa shape index (κ1) is 23.9. The second-order valence-corrected chi connectivity index (χ2v) is 11.5. The van der Waals surface area contributed by atoms with Gasteiger partial charge in [-0.3, -0.25) is 0 Å². The maximum atomic E-state index is 12.5. The highest BCUT2D eigenvalue weighted by Gasteiger charge is 2.23. The Morgan fingerprint density at radius 1 is 0.939 bits per heavy atom. The highest BCUT2D eigenvalue weighted by Crippen LogP contribution is 2.29. The molecule has 1 aromatic heterocycles. The van der Waals surface area contributed by atoms with Gasteiger partial charge in [0.15, 0.2) is 0 Å². The third-order valence-electron chi connectivity index (χ3n) is 6.21. The first-order chi connectivity index (χ1) is 15.8. The van der Waals surface area contributed by atoms with Gasteiger partial charge < -0.3 is 10.2 Å². The maximum Gasteiger partial charge on any atom is 0.240 e. The second-order valence-electron chi connectivity index (χ2n) is 8.86. The summed E-state index contributed by atoms with van der Waals surface area (Å²) in [7, 11) is 0.513. The number of halogens is 1. The van der Waals surface area contributed by atoms with Gasteiger partial charge in [-0.05, 0) is 73.9 Å². The molecule has 1 fully saturated rings. The van der Waals surface area contributed by atoms with Gasteiger partial charge in [0, 0.05) is 37.0 Å². The smallest absolute Gasteiger partial charge is 0.240 e. The van der Waals surface area contributed by atoms with Crippen molar-refractivity contribution in [3.8, 4) is 0 Å². The Labute approximate surface area is 204 Å². The number of fused-ring (bicyclic) bond motifs is 1. The van der Waals surface area contributed by atoms with E-state index in [9.17, 15) is 8.42 Å². The van der Waals surface area contributed by atoms with E-state index in [1.807, 2.05) is 43.3 Å². The van der Waals surface area contributed by atoms with E-state index in [0.717, 1.165) is 53.4 Å². The van der Waals surface area contributed by atoms with Crippen molar-refractivity contribution in [3.63, 3.8) is 0 Å². The number of aromatic nitrogens is 2. The van der Waals surface area contributed by atoms with Gasteiger partial charge >= 0.3 is 0 Å². The Hall–Kier alpha value is -2.23. The van der Waals surface area contributed by atoms with E-state index in [0.29, 0.717) is 29.2 Å². The van der Waals surface area contributed by atoms with Crippen LogP contribution >= 0.6 is 15.9 Å². The lowest BCUT2D eigenvalue weighted by Crippen LogP contribution is -2.32. The van der Waals surface area contributed by atoms with Crippen LogP contribution in [0.5, 0.6) is 0 Å². The monoisotopic (exact) mass is 531 g/mol. The van der Waals surface area contributed by atoms with Crippen molar-refractivity contribution < 1.29 is 8.42 Å². The molecule has 0 bridgehead atoms. The van der Waals surface area contributed by atoms with E-state index < -0.39 is 10.0 Å². The zero-order valence-electron chi connectivity index (χ0n) is 19.0. The summed E-state index contributed by atoms with van der Waals surface area (Å²) in [5, 5.41) is 4.48. The molecule has 33 heavy (non-hydrogen) atoms. The van der Waals surface area contributed by atoms with E-state index >= 15 is 0 Å². The van der Waals surface area contributed by atoms with E-state index in [1.165, 1.54) is 0 Å². The number of para-hydroxylation sites is 1. The van der Waals surface area contributed by atoms with Crippen LogP contribution in [0.3, 0.4) is 0 Å². The van der Waals surface area contributed by atoms with Gasteiger partial charge in [-0.15, -0.1) is 0 Å². The molecule has 9 heteroatoms. The third kappa shape index (κ3) is 6.02. The van der Waals surface area contributed by atoms with Crippen molar-refractivity contribution in [2.24, 2.45) is 11.8 Å². The van der Waals surface area contributed by atoms with E-state index in [4.69, 9.17) is 4.98 Å². The Morgan fingerprint density at radius 3 is 2.24 bits per heavy atom. The third-order valence-corrected chi connectivity index (χ3v) is 8.18. The number of nitrogens with zero attached hydrogens (tertiary/aromatic N) is 3. The lowest BCUT2D eigenvalue weighted by Gasteiger charge is -2.28. The summed E-state index contributed by atoms with van der Waals surface area (Å²) in [6.07, 6.45) is 4.14. The lowest BCUT2D eigenvalue weighted by atomic mass is 9.82. The minimum Gasteiger partial charge on any atom is -0.362 e. The predicted molar refractivity (Wildman–Crippen MR) is 137 cm³/mol. The molecule has 1 aliphatic carbocycles. The molecule has 0 saturated heterocycles. The Bertz CT molecular complexity index is 1190. The molecule has 0 radical (unpaired) electrons. The summed E-state index contributed by atoms with van der Waals surface area (Å²) in [5.74, 6) is 2.46.